The molecule has 1 heterocycles. The van der Waals surface area contributed by atoms with E-state index in [2.05, 4.69) is 23.8 Å². The highest BCUT2D eigenvalue weighted by Crippen LogP contribution is 2.42. The molecule has 0 N–H and O–H groups in total. The van der Waals surface area contributed by atoms with E-state index in [1.807, 2.05) is 12.1 Å². The number of rotatable bonds is 5. The fourth-order valence-electron chi connectivity index (χ4n) is 4.64. The van der Waals surface area contributed by atoms with E-state index in [4.69, 9.17) is 0 Å². The Morgan fingerprint density at radius 3 is 2.30 bits per heavy atom. The molecule has 23 heavy (non-hydrogen) atoms. The van der Waals surface area contributed by atoms with Crippen LogP contribution in [0.2, 0.25) is 0 Å². The third-order valence-electron chi connectivity index (χ3n) is 6.13. The molecule has 0 aromatic heterocycles. The summed E-state index contributed by atoms with van der Waals surface area (Å²) in [5.41, 5.74) is 1.59. The third-order valence-corrected chi connectivity index (χ3v) is 6.13. The van der Waals surface area contributed by atoms with Gasteiger partial charge in [0.25, 0.3) is 0 Å². The molecule has 1 saturated heterocycles. The molecule has 2 aliphatic rings. The number of nitrogens with zero attached hydrogens (tertiary/aromatic N) is 2. The Bertz CT molecular complexity index is 485. The van der Waals surface area contributed by atoms with Crippen molar-refractivity contribution in [1.29, 1.82) is 0 Å². The lowest BCUT2D eigenvalue weighted by Gasteiger charge is -2.42. The highest BCUT2D eigenvalue weighted by molar-refractivity contribution is 5.28. The van der Waals surface area contributed by atoms with E-state index >= 15 is 0 Å². The molecule has 2 nitrogen and oxygen atoms in total. The summed E-state index contributed by atoms with van der Waals surface area (Å²) in [7, 11) is 2.23. The molecule has 3 rings (SSSR count). The summed E-state index contributed by atoms with van der Waals surface area (Å²) >= 11 is 0. The quantitative estimate of drug-likeness (QED) is 0.808. The summed E-state index contributed by atoms with van der Waals surface area (Å²) in [4.78, 5) is 5.15. The van der Waals surface area contributed by atoms with Crippen molar-refractivity contribution in [1.82, 2.24) is 9.80 Å². The number of likely N-dealkylation sites (tertiary alicyclic amines) is 1. The van der Waals surface area contributed by atoms with E-state index in [9.17, 15) is 4.39 Å². The van der Waals surface area contributed by atoms with Crippen LogP contribution < -0.4 is 0 Å². The van der Waals surface area contributed by atoms with Crippen molar-refractivity contribution in [3.63, 3.8) is 0 Å². The van der Waals surface area contributed by atoms with E-state index < -0.39 is 0 Å². The maximum Gasteiger partial charge on any atom is 0.123 e. The second-order valence-corrected chi connectivity index (χ2v) is 7.59. The molecule has 1 aliphatic carbocycles. The first-order valence-electron chi connectivity index (χ1n) is 9.31. The summed E-state index contributed by atoms with van der Waals surface area (Å²) in [5, 5.41) is 0. The molecule has 1 aromatic rings. The van der Waals surface area contributed by atoms with Gasteiger partial charge in [-0.2, -0.15) is 0 Å². The van der Waals surface area contributed by atoms with Gasteiger partial charge in [0, 0.05) is 18.0 Å². The van der Waals surface area contributed by atoms with Crippen molar-refractivity contribution < 1.29 is 4.39 Å². The van der Waals surface area contributed by atoms with Gasteiger partial charge in [0.1, 0.15) is 5.82 Å². The third kappa shape index (κ3) is 3.77. The number of benzene rings is 1. The summed E-state index contributed by atoms with van der Waals surface area (Å²) in [5.74, 6) is -0.121. The van der Waals surface area contributed by atoms with E-state index in [0.717, 1.165) is 13.1 Å². The van der Waals surface area contributed by atoms with Crippen LogP contribution in [0.5, 0.6) is 0 Å². The van der Waals surface area contributed by atoms with Gasteiger partial charge in [0.15, 0.2) is 0 Å². The Morgan fingerprint density at radius 2 is 1.74 bits per heavy atom. The Kier molecular flexibility index (Phi) is 5.38. The SMILES string of the molecule is CCN(CC1(c2ccc(F)cc2)CCCC1)C1CCN(C)CC1. The minimum Gasteiger partial charge on any atom is -0.306 e. The molecule has 2 fully saturated rings. The predicted molar refractivity (Wildman–Crippen MR) is 94.3 cm³/mol. The lowest BCUT2D eigenvalue weighted by atomic mass is 9.78. The summed E-state index contributed by atoms with van der Waals surface area (Å²) in [6.07, 6.45) is 7.68. The summed E-state index contributed by atoms with van der Waals surface area (Å²) in [6, 6.07) is 8.06. The van der Waals surface area contributed by atoms with Crippen LogP contribution >= 0.6 is 0 Å². The van der Waals surface area contributed by atoms with Gasteiger partial charge in [-0.05, 0) is 70.1 Å². The molecule has 0 radical (unpaired) electrons. The van der Waals surface area contributed by atoms with Crippen molar-refractivity contribution in [2.24, 2.45) is 0 Å². The van der Waals surface area contributed by atoms with Crippen molar-refractivity contribution in [2.75, 3.05) is 33.2 Å². The molecule has 0 unspecified atom stereocenters. The molecule has 3 heteroatoms. The first-order chi connectivity index (χ1) is 11.1. The van der Waals surface area contributed by atoms with Crippen LogP contribution in [0.15, 0.2) is 24.3 Å². The van der Waals surface area contributed by atoms with E-state index in [-0.39, 0.29) is 11.2 Å². The molecule has 0 spiro atoms. The largest absolute Gasteiger partial charge is 0.306 e. The zero-order valence-corrected chi connectivity index (χ0v) is 14.7. The molecule has 1 aliphatic heterocycles. The van der Waals surface area contributed by atoms with Crippen LogP contribution in [0.4, 0.5) is 4.39 Å². The van der Waals surface area contributed by atoms with Crippen LogP contribution in [0.1, 0.15) is 51.0 Å². The summed E-state index contributed by atoms with van der Waals surface area (Å²) in [6.45, 7) is 6.99. The molecule has 0 atom stereocenters. The van der Waals surface area contributed by atoms with E-state index in [0.29, 0.717) is 6.04 Å². The predicted octanol–water partition coefficient (Wildman–Crippen LogP) is 4.05. The number of hydrogen-bond acceptors (Lipinski definition) is 2. The number of piperidine rings is 1. The molecule has 0 bridgehead atoms. The van der Waals surface area contributed by atoms with Crippen molar-refractivity contribution in [2.45, 2.75) is 56.9 Å². The van der Waals surface area contributed by atoms with Crippen LogP contribution in [-0.2, 0) is 5.41 Å². The van der Waals surface area contributed by atoms with Crippen LogP contribution in [0, 0.1) is 5.82 Å². The molecule has 128 valence electrons. The smallest absolute Gasteiger partial charge is 0.123 e. The maximum absolute atomic E-state index is 13.3. The van der Waals surface area contributed by atoms with Gasteiger partial charge in [-0.15, -0.1) is 0 Å². The Morgan fingerprint density at radius 1 is 1.13 bits per heavy atom. The lowest BCUT2D eigenvalue weighted by Crippen LogP contribution is -2.48. The average molecular weight is 318 g/mol. The zero-order valence-electron chi connectivity index (χ0n) is 14.7. The highest BCUT2D eigenvalue weighted by Gasteiger charge is 2.38. The van der Waals surface area contributed by atoms with Crippen molar-refractivity contribution in [3.8, 4) is 0 Å². The van der Waals surface area contributed by atoms with E-state index in [1.165, 1.54) is 57.2 Å². The standard InChI is InChI=1S/C20H31FN2/c1-3-23(19-10-14-22(2)15-11-19)16-20(12-4-5-13-20)17-6-8-18(21)9-7-17/h6-9,19H,3-5,10-16H2,1-2H3. The van der Waals surface area contributed by atoms with Crippen LogP contribution in [-0.4, -0.2) is 49.1 Å². The Labute approximate surface area is 140 Å². The minimum atomic E-state index is -0.121. The molecular weight excluding hydrogens is 287 g/mol. The number of halogens is 1. The monoisotopic (exact) mass is 318 g/mol. The lowest BCUT2D eigenvalue weighted by molar-refractivity contribution is 0.101. The first-order valence-corrected chi connectivity index (χ1v) is 9.31. The Balaban J connectivity index is 1.76. The van der Waals surface area contributed by atoms with Gasteiger partial charge in [-0.3, -0.25) is 4.90 Å². The number of likely N-dealkylation sites (N-methyl/N-ethyl adjacent to an activating group) is 1. The van der Waals surface area contributed by atoms with Gasteiger partial charge < -0.3 is 4.90 Å². The Hall–Kier alpha value is -0.930. The topological polar surface area (TPSA) is 6.48 Å². The van der Waals surface area contributed by atoms with Crippen LogP contribution in [0.25, 0.3) is 0 Å². The van der Waals surface area contributed by atoms with E-state index in [1.54, 1.807) is 12.1 Å². The second kappa shape index (κ2) is 7.31. The maximum atomic E-state index is 13.3. The molecule has 0 amide bonds. The second-order valence-electron chi connectivity index (χ2n) is 7.59. The highest BCUT2D eigenvalue weighted by atomic mass is 19.1. The zero-order chi connectivity index (χ0) is 16.3. The fraction of sp³-hybridized carbons (Fsp3) is 0.700. The first kappa shape index (κ1) is 16.9. The van der Waals surface area contributed by atoms with Crippen molar-refractivity contribution >= 4 is 0 Å². The minimum absolute atomic E-state index is 0.121. The average Bonchev–Trinajstić information content (AvgIpc) is 3.04. The summed E-state index contributed by atoms with van der Waals surface area (Å²) < 4.78 is 13.3. The fourth-order valence-corrected chi connectivity index (χ4v) is 4.64. The van der Waals surface area contributed by atoms with Gasteiger partial charge >= 0.3 is 0 Å². The normalized spacial score (nSPS) is 22.8. The molecule has 1 saturated carbocycles. The molecular formula is C20H31FN2. The van der Waals surface area contributed by atoms with Crippen molar-refractivity contribution in [3.05, 3.63) is 35.6 Å². The van der Waals surface area contributed by atoms with Gasteiger partial charge in [0.05, 0.1) is 0 Å². The van der Waals surface area contributed by atoms with Gasteiger partial charge in [-0.1, -0.05) is 31.9 Å². The van der Waals surface area contributed by atoms with Crippen LogP contribution in [0.3, 0.4) is 0 Å². The van der Waals surface area contributed by atoms with Gasteiger partial charge in [0.2, 0.25) is 0 Å². The number of hydrogen-bond donors (Lipinski definition) is 0. The van der Waals surface area contributed by atoms with Gasteiger partial charge in [-0.25, -0.2) is 4.39 Å². The molecule has 1 aromatic carbocycles.